The molecule has 0 radical (unpaired) electrons. The van der Waals surface area contributed by atoms with Gasteiger partial charge in [-0.3, -0.25) is 9.78 Å². The van der Waals surface area contributed by atoms with E-state index in [0.29, 0.717) is 0 Å². The summed E-state index contributed by atoms with van der Waals surface area (Å²) in [4.78, 5) is 23.8. The predicted molar refractivity (Wildman–Crippen MR) is 132 cm³/mol. The van der Waals surface area contributed by atoms with Gasteiger partial charge in [0, 0.05) is 46.8 Å². The zero-order valence-electron chi connectivity index (χ0n) is 18.2. The Labute approximate surface area is 202 Å². The van der Waals surface area contributed by atoms with Gasteiger partial charge in [-0.25, -0.2) is 13.4 Å². The van der Waals surface area contributed by atoms with Crippen LogP contribution in [0.2, 0.25) is 0 Å². The molecule has 0 spiro atoms. The molecule has 34 heavy (non-hydrogen) atoms. The Morgan fingerprint density at radius 1 is 1.12 bits per heavy atom. The van der Waals surface area contributed by atoms with Gasteiger partial charge in [-0.05, 0) is 48.0 Å². The number of hydrogen-bond acceptors (Lipinski definition) is 6. The lowest BCUT2D eigenvalue weighted by atomic mass is 10.1. The van der Waals surface area contributed by atoms with Gasteiger partial charge in [0.15, 0.2) is 9.84 Å². The molecule has 1 aliphatic rings. The SMILES string of the molecule is O=C(Cc1ccc(-n2cccc2)cc1)N(Cc1nc(-c2cccnc2)cs1)C1C=CS(=O)(=O)C1. The molecular weight excluding hydrogens is 468 g/mol. The number of aromatic nitrogens is 3. The lowest BCUT2D eigenvalue weighted by Gasteiger charge is -2.27. The highest BCUT2D eigenvalue weighted by Gasteiger charge is 2.31. The van der Waals surface area contributed by atoms with Gasteiger partial charge in [0.25, 0.3) is 0 Å². The molecule has 5 rings (SSSR count). The molecule has 1 aromatic carbocycles. The van der Waals surface area contributed by atoms with Crippen molar-refractivity contribution in [3.8, 4) is 16.9 Å². The van der Waals surface area contributed by atoms with E-state index in [4.69, 9.17) is 0 Å². The molecule has 1 unspecified atom stereocenters. The van der Waals surface area contributed by atoms with Crippen molar-refractivity contribution in [2.45, 2.75) is 19.0 Å². The first-order chi connectivity index (χ1) is 16.5. The molecule has 7 nitrogen and oxygen atoms in total. The first-order valence-electron chi connectivity index (χ1n) is 10.7. The van der Waals surface area contributed by atoms with Gasteiger partial charge in [-0.1, -0.05) is 12.1 Å². The second-order valence-electron chi connectivity index (χ2n) is 8.05. The highest BCUT2D eigenvalue weighted by molar-refractivity contribution is 7.94. The van der Waals surface area contributed by atoms with Gasteiger partial charge in [0.1, 0.15) is 5.01 Å². The summed E-state index contributed by atoms with van der Waals surface area (Å²) in [6.45, 7) is 0.246. The molecule has 172 valence electrons. The number of rotatable bonds is 7. The summed E-state index contributed by atoms with van der Waals surface area (Å²) in [6, 6.07) is 15.0. The van der Waals surface area contributed by atoms with Crippen LogP contribution in [0.15, 0.2) is 90.2 Å². The second-order valence-corrected chi connectivity index (χ2v) is 10.9. The topological polar surface area (TPSA) is 85.2 Å². The van der Waals surface area contributed by atoms with Gasteiger partial charge < -0.3 is 9.47 Å². The van der Waals surface area contributed by atoms with Crippen molar-refractivity contribution < 1.29 is 13.2 Å². The van der Waals surface area contributed by atoms with Crippen LogP contribution in [0.1, 0.15) is 10.6 Å². The Morgan fingerprint density at radius 2 is 1.91 bits per heavy atom. The highest BCUT2D eigenvalue weighted by atomic mass is 32.2. The van der Waals surface area contributed by atoms with Crippen LogP contribution < -0.4 is 0 Å². The molecule has 0 saturated heterocycles. The zero-order valence-corrected chi connectivity index (χ0v) is 19.8. The number of benzene rings is 1. The van der Waals surface area contributed by atoms with Crippen LogP contribution in [0.3, 0.4) is 0 Å². The van der Waals surface area contributed by atoms with E-state index >= 15 is 0 Å². The van der Waals surface area contributed by atoms with E-state index in [0.717, 1.165) is 27.5 Å². The first-order valence-corrected chi connectivity index (χ1v) is 13.3. The molecule has 1 amide bonds. The molecular formula is C25H22N4O3S2. The molecule has 0 aliphatic carbocycles. The Balaban J connectivity index is 1.35. The number of carbonyl (C=O) groups is 1. The standard InChI is InChI=1S/C25H22N4O3S2/c30-25(14-19-5-7-21(8-6-19)28-11-1-2-12-28)29(22-9-13-34(31,32)18-22)16-24-27-23(17-33-24)20-4-3-10-26-15-20/h1-13,15,17,22H,14,16,18H2. The first kappa shape index (κ1) is 22.2. The molecule has 3 aromatic heterocycles. The van der Waals surface area contributed by atoms with E-state index in [1.807, 2.05) is 70.9 Å². The van der Waals surface area contributed by atoms with Crippen molar-refractivity contribution in [1.29, 1.82) is 0 Å². The third kappa shape index (κ3) is 5.00. The van der Waals surface area contributed by atoms with Crippen molar-refractivity contribution >= 4 is 27.1 Å². The Hall–Kier alpha value is -3.56. The number of carbonyl (C=O) groups excluding carboxylic acids is 1. The number of hydrogen-bond donors (Lipinski definition) is 0. The van der Waals surface area contributed by atoms with Crippen LogP contribution in [0.4, 0.5) is 0 Å². The fourth-order valence-electron chi connectivity index (χ4n) is 3.89. The molecule has 1 atom stereocenters. The molecule has 9 heteroatoms. The Morgan fingerprint density at radius 3 is 2.59 bits per heavy atom. The lowest BCUT2D eigenvalue weighted by Crippen LogP contribution is -2.41. The van der Waals surface area contributed by atoms with Crippen LogP contribution in [0, 0.1) is 0 Å². The summed E-state index contributed by atoms with van der Waals surface area (Å²) in [7, 11) is -3.31. The molecule has 4 aromatic rings. The zero-order chi connectivity index (χ0) is 23.5. The molecule has 1 aliphatic heterocycles. The number of pyridine rings is 1. The maximum Gasteiger partial charge on any atom is 0.227 e. The van der Waals surface area contributed by atoms with Gasteiger partial charge in [-0.2, -0.15) is 0 Å². The fourth-order valence-corrected chi connectivity index (χ4v) is 5.99. The van der Waals surface area contributed by atoms with E-state index in [1.54, 1.807) is 23.4 Å². The summed E-state index contributed by atoms with van der Waals surface area (Å²) >= 11 is 1.45. The van der Waals surface area contributed by atoms with Crippen molar-refractivity contribution in [1.82, 2.24) is 19.4 Å². The average molecular weight is 491 g/mol. The van der Waals surface area contributed by atoms with E-state index < -0.39 is 15.9 Å². The third-order valence-corrected chi connectivity index (χ3v) is 7.85. The monoisotopic (exact) mass is 490 g/mol. The fraction of sp³-hybridized carbons (Fsp3) is 0.160. The van der Waals surface area contributed by atoms with Crippen molar-refractivity contribution in [3.05, 3.63) is 101 Å². The minimum atomic E-state index is -3.31. The maximum absolute atomic E-state index is 13.4. The van der Waals surface area contributed by atoms with Crippen LogP contribution in [-0.2, 0) is 27.6 Å². The maximum atomic E-state index is 13.4. The van der Waals surface area contributed by atoms with E-state index in [2.05, 4.69) is 9.97 Å². The number of thiazole rings is 1. The second kappa shape index (κ2) is 9.36. The summed E-state index contributed by atoms with van der Waals surface area (Å²) < 4.78 is 26.1. The number of sulfone groups is 1. The normalized spacial score (nSPS) is 16.5. The Bertz CT molecular complexity index is 1410. The van der Waals surface area contributed by atoms with Crippen molar-refractivity contribution in [2.24, 2.45) is 0 Å². The average Bonchev–Trinajstić information content (AvgIpc) is 3.60. The third-order valence-electron chi connectivity index (χ3n) is 5.64. The number of nitrogens with zero attached hydrogens (tertiary/aromatic N) is 4. The molecule has 0 bridgehead atoms. The van der Waals surface area contributed by atoms with Gasteiger partial charge in [-0.15, -0.1) is 11.3 Å². The minimum absolute atomic E-state index is 0.105. The molecule has 4 heterocycles. The predicted octanol–water partition coefficient (Wildman–Crippen LogP) is 3.88. The molecule has 0 saturated carbocycles. The van der Waals surface area contributed by atoms with Crippen LogP contribution in [0.5, 0.6) is 0 Å². The van der Waals surface area contributed by atoms with Crippen LogP contribution in [0.25, 0.3) is 16.9 Å². The molecule has 0 N–H and O–H groups in total. The Kier molecular flexibility index (Phi) is 6.12. The van der Waals surface area contributed by atoms with E-state index in [-0.39, 0.29) is 24.6 Å². The summed E-state index contributed by atoms with van der Waals surface area (Å²) in [6.07, 6.45) is 9.14. The smallest absolute Gasteiger partial charge is 0.227 e. The van der Waals surface area contributed by atoms with Crippen molar-refractivity contribution in [3.63, 3.8) is 0 Å². The van der Waals surface area contributed by atoms with Crippen molar-refractivity contribution in [2.75, 3.05) is 5.75 Å². The quantitative estimate of drug-likeness (QED) is 0.393. The van der Waals surface area contributed by atoms with Crippen LogP contribution in [-0.4, -0.2) is 45.6 Å². The highest BCUT2D eigenvalue weighted by Crippen LogP contribution is 2.25. The van der Waals surface area contributed by atoms with Gasteiger partial charge in [0.05, 0.1) is 30.5 Å². The minimum Gasteiger partial charge on any atom is -0.328 e. The summed E-state index contributed by atoms with van der Waals surface area (Å²) in [5.74, 6) is -0.245. The van der Waals surface area contributed by atoms with Gasteiger partial charge in [0.2, 0.25) is 5.91 Å². The molecule has 0 fully saturated rings. The van der Waals surface area contributed by atoms with Crippen LogP contribution >= 0.6 is 11.3 Å². The number of amides is 1. The summed E-state index contributed by atoms with van der Waals surface area (Å²) in [5.41, 5.74) is 3.56. The van der Waals surface area contributed by atoms with Gasteiger partial charge >= 0.3 is 0 Å². The lowest BCUT2D eigenvalue weighted by molar-refractivity contribution is -0.132. The van der Waals surface area contributed by atoms with E-state index in [9.17, 15) is 13.2 Å². The summed E-state index contributed by atoms with van der Waals surface area (Å²) in [5, 5.41) is 3.87. The van der Waals surface area contributed by atoms with E-state index in [1.165, 1.54) is 16.7 Å². The largest absolute Gasteiger partial charge is 0.328 e.